The minimum atomic E-state index is -0.803. The van der Waals surface area contributed by atoms with E-state index in [0.717, 1.165) is 6.54 Å². The van der Waals surface area contributed by atoms with E-state index < -0.39 is 12.0 Å². The number of hydrogen-bond donors (Lipinski definition) is 2. The summed E-state index contributed by atoms with van der Waals surface area (Å²) < 4.78 is 0. The Hall–Kier alpha value is -1.30. The number of urea groups is 1. The molecule has 1 saturated heterocycles. The number of carboxylic acid groups (broad SMARTS) is 1. The Labute approximate surface area is 113 Å². The van der Waals surface area contributed by atoms with Gasteiger partial charge in [0.05, 0.1) is 0 Å². The zero-order chi connectivity index (χ0) is 13.8. The maximum absolute atomic E-state index is 11.9. The van der Waals surface area contributed by atoms with Gasteiger partial charge in [0.1, 0.15) is 6.04 Å². The molecule has 2 aliphatic rings. The Morgan fingerprint density at radius 1 is 1.26 bits per heavy atom. The summed E-state index contributed by atoms with van der Waals surface area (Å²) in [6, 6.07) is -0.477. The van der Waals surface area contributed by atoms with Crippen molar-refractivity contribution in [2.45, 2.75) is 32.2 Å². The molecule has 0 aromatic heterocycles. The van der Waals surface area contributed by atoms with Gasteiger partial charge in [-0.2, -0.15) is 0 Å². The van der Waals surface area contributed by atoms with E-state index in [4.69, 9.17) is 5.11 Å². The molecule has 1 unspecified atom stereocenters. The van der Waals surface area contributed by atoms with E-state index >= 15 is 0 Å². The summed E-state index contributed by atoms with van der Waals surface area (Å²) in [5.74, 6) is -0.139. The molecule has 2 rings (SSSR count). The lowest BCUT2D eigenvalue weighted by atomic mass is 9.85. The second-order valence-corrected chi connectivity index (χ2v) is 5.52. The fourth-order valence-electron chi connectivity index (χ4n) is 2.51. The SMILES string of the molecule is CC(C(=O)O)N1CCN(C(=O)NCC2CCC2)CC1. The van der Waals surface area contributed by atoms with Gasteiger partial charge in [0.15, 0.2) is 0 Å². The number of hydrogen-bond acceptors (Lipinski definition) is 3. The largest absolute Gasteiger partial charge is 0.480 e. The van der Waals surface area contributed by atoms with E-state index in [9.17, 15) is 9.59 Å². The predicted octanol–water partition coefficient (Wildman–Crippen LogP) is 0.587. The molecule has 0 bridgehead atoms. The van der Waals surface area contributed by atoms with Crippen molar-refractivity contribution in [3.05, 3.63) is 0 Å². The van der Waals surface area contributed by atoms with Crippen molar-refractivity contribution >= 4 is 12.0 Å². The molecule has 1 saturated carbocycles. The van der Waals surface area contributed by atoms with Crippen molar-refractivity contribution in [2.75, 3.05) is 32.7 Å². The molecule has 108 valence electrons. The van der Waals surface area contributed by atoms with Crippen LogP contribution in [0.15, 0.2) is 0 Å². The first kappa shape index (κ1) is 14.1. The number of nitrogens with one attached hydrogen (secondary N) is 1. The number of nitrogens with zero attached hydrogens (tertiary/aromatic N) is 2. The molecule has 6 heteroatoms. The van der Waals surface area contributed by atoms with Crippen LogP contribution in [0.5, 0.6) is 0 Å². The number of carbonyl (C=O) groups excluding carboxylic acids is 1. The Kier molecular flexibility index (Phi) is 4.63. The van der Waals surface area contributed by atoms with Crippen LogP contribution in [-0.4, -0.2) is 65.7 Å². The molecule has 1 aliphatic heterocycles. The Bertz CT molecular complexity index is 336. The summed E-state index contributed by atoms with van der Waals surface area (Å²) in [6.45, 7) is 4.94. The standard InChI is InChI=1S/C13H23N3O3/c1-10(12(17)18)15-5-7-16(8-6-15)13(19)14-9-11-3-2-4-11/h10-11H,2-9H2,1H3,(H,14,19)(H,17,18). The minimum Gasteiger partial charge on any atom is -0.480 e. The monoisotopic (exact) mass is 269 g/mol. The highest BCUT2D eigenvalue weighted by molar-refractivity contribution is 5.75. The molecule has 1 aliphatic carbocycles. The second kappa shape index (κ2) is 6.23. The predicted molar refractivity (Wildman–Crippen MR) is 71.0 cm³/mol. The molecule has 0 radical (unpaired) electrons. The quantitative estimate of drug-likeness (QED) is 0.783. The van der Waals surface area contributed by atoms with Crippen molar-refractivity contribution in [1.29, 1.82) is 0 Å². The highest BCUT2D eigenvalue weighted by atomic mass is 16.4. The number of carbonyl (C=O) groups is 2. The fraction of sp³-hybridized carbons (Fsp3) is 0.846. The highest BCUT2D eigenvalue weighted by Gasteiger charge is 2.27. The zero-order valence-corrected chi connectivity index (χ0v) is 11.5. The molecular weight excluding hydrogens is 246 g/mol. The molecule has 19 heavy (non-hydrogen) atoms. The van der Waals surface area contributed by atoms with Crippen LogP contribution in [0, 0.1) is 5.92 Å². The normalized spacial score (nSPS) is 22.7. The van der Waals surface area contributed by atoms with Crippen LogP contribution < -0.4 is 5.32 Å². The first-order valence-electron chi connectivity index (χ1n) is 7.07. The molecule has 0 spiro atoms. The smallest absolute Gasteiger partial charge is 0.320 e. The van der Waals surface area contributed by atoms with E-state index in [-0.39, 0.29) is 6.03 Å². The molecule has 2 N–H and O–H groups in total. The van der Waals surface area contributed by atoms with Gasteiger partial charge in [0, 0.05) is 32.7 Å². The Balaban J connectivity index is 1.69. The third-order valence-corrected chi connectivity index (χ3v) is 4.27. The molecule has 0 aromatic rings. The van der Waals surface area contributed by atoms with E-state index in [1.54, 1.807) is 11.8 Å². The van der Waals surface area contributed by atoms with Gasteiger partial charge in [-0.25, -0.2) is 4.79 Å². The first-order valence-corrected chi connectivity index (χ1v) is 7.07. The number of rotatable bonds is 4. The molecule has 0 aromatic carbocycles. The van der Waals surface area contributed by atoms with E-state index in [2.05, 4.69) is 5.32 Å². The van der Waals surface area contributed by atoms with E-state index in [1.165, 1.54) is 19.3 Å². The summed E-state index contributed by atoms with van der Waals surface area (Å²) in [6.07, 6.45) is 3.74. The van der Waals surface area contributed by atoms with Gasteiger partial charge < -0.3 is 15.3 Å². The lowest BCUT2D eigenvalue weighted by molar-refractivity contribution is -0.143. The third-order valence-electron chi connectivity index (χ3n) is 4.27. The van der Waals surface area contributed by atoms with Gasteiger partial charge in [0.2, 0.25) is 0 Å². The van der Waals surface area contributed by atoms with Crippen LogP contribution in [-0.2, 0) is 4.79 Å². The van der Waals surface area contributed by atoms with E-state index in [1.807, 2.05) is 4.90 Å². The zero-order valence-electron chi connectivity index (χ0n) is 11.5. The Morgan fingerprint density at radius 2 is 1.89 bits per heavy atom. The lowest BCUT2D eigenvalue weighted by Gasteiger charge is -2.37. The van der Waals surface area contributed by atoms with Gasteiger partial charge in [-0.1, -0.05) is 6.42 Å². The van der Waals surface area contributed by atoms with Crippen LogP contribution in [0.25, 0.3) is 0 Å². The van der Waals surface area contributed by atoms with Gasteiger partial charge in [-0.15, -0.1) is 0 Å². The Morgan fingerprint density at radius 3 is 2.37 bits per heavy atom. The van der Waals surface area contributed by atoms with Gasteiger partial charge in [-0.3, -0.25) is 9.69 Å². The summed E-state index contributed by atoms with van der Waals surface area (Å²) in [7, 11) is 0. The van der Waals surface area contributed by atoms with Crippen molar-refractivity contribution in [1.82, 2.24) is 15.1 Å². The van der Waals surface area contributed by atoms with Crippen LogP contribution in [0.3, 0.4) is 0 Å². The number of aliphatic carboxylic acids is 1. The molecule has 2 fully saturated rings. The van der Waals surface area contributed by atoms with Gasteiger partial charge in [-0.05, 0) is 25.7 Å². The summed E-state index contributed by atoms with van der Waals surface area (Å²) in [5.41, 5.74) is 0. The van der Waals surface area contributed by atoms with Crippen LogP contribution in [0.2, 0.25) is 0 Å². The fourth-order valence-corrected chi connectivity index (χ4v) is 2.51. The summed E-state index contributed by atoms with van der Waals surface area (Å²) in [4.78, 5) is 26.5. The van der Waals surface area contributed by atoms with E-state index in [0.29, 0.717) is 32.1 Å². The highest BCUT2D eigenvalue weighted by Crippen LogP contribution is 2.25. The molecular formula is C13H23N3O3. The average molecular weight is 269 g/mol. The molecule has 1 heterocycles. The summed E-state index contributed by atoms with van der Waals surface area (Å²) in [5, 5.41) is 11.9. The van der Waals surface area contributed by atoms with Crippen molar-refractivity contribution < 1.29 is 14.7 Å². The first-order chi connectivity index (χ1) is 9.08. The van der Waals surface area contributed by atoms with Gasteiger partial charge in [0.25, 0.3) is 0 Å². The molecule has 1 atom stereocenters. The second-order valence-electron chi connectivity index (χ2n) is 5.52. The van der Waals surface area contributed by atoms with Crippen molar-refractivity contribution in [2.24, 2.45) is 5.92 Å². The number of carboxylic acids is 1. The van der Waals surface area contributed by atoms with Crippen LogP contribution in [0.1, 0.15) is 26.2 Å². The maximum Gasteiger partial charge on any atom is 0.320 e. The van der Waals surface area contributed by atoms with Crippen LogP contribution >= 0.6 is 0 Å². The molecule has 6 nitrogen and oxygen atoms in total. The van der Waals surface area contributed by atoms with Crippen LogP contribution in [0.4, 0.5) is 4.79 Å². The number of amides is 2. The van der Waals surface area contributed by atoms with Crippen molar-refractivity contribution in [3.8, 4) is 0 Å². The third kappa shape index (κ3) is 3.59. The van der Waals surface area contributed by atoms with Gasteiger partial charge >= 0.3 is 12.0 Å². The number of piperazine rings is 1. The summed E-state index contributed by atoms with van der Waals surface area (Å²) >= 11 is 0. The minimum absolute atomic E-state index is 0.00507. The average Bonchev–Trinajstić information content (AvgIpc) is 2.36. The maximum atomic E-state index is 11.9. The topological polar surface area (TPSA) is 72.9 Å². The van der Waals surface area contributed by atoms with Crippen molar-refractivity contribution in [3.63, 3.8) is 0 Å². The lowest BCUT2D eigenvalue weighted by Crippen LogP contribution is -2.55. The molecule has 2 amide bonds.